The predicted molar refractivity (Wildman–Crippen MR) is 125 cm³/mol. The Morgan fingerprint density at radius 2 is 1.81 bits per heavy atom. The monoisotopic (exact) mass is 450 g/mol. The highest BCUT2D eigenvalue weighted by Gasteiger charge is 2.33. The molecule has 2 heterocycles. The second kappa shape index (κ2) is 9.87. The Morgan fingerprint density at radius 1 is 1.06 bits per heavy atom. The molecule has 0 aliphatic carbocycles. The number of carbonyl (C=O) groups excluding carboxylic acids is 2. The van der Waals surface area contributed by atoms with E-state index in [2.05, 4.69) is 11.4 Å². The quantitative estimate of drug-likeness (QED) is 0.590. The van der Waals surface area contributed by atoms with E-state index in [4.69, 9.17) is 9.47 Å². The summed E-state index contributed by atoms with van der Waals surface area (Å²) in [6, 6.07) is 16.9. The molecular formula is C25H26N2O4S. The van der Waals surface area contributed by atoms with Crippen LogP contribution in [0.1, 0.15) is 38.8 Å². The third-order valence-electron chi connectivity index (χ3n) is 5.67. The molecule has 1 N–H and O–H groups in total. The summed E-state index contributed by atoms with van der Waals surface area (Å²) in [6.07, 6.45) is 0.975. The lowest BCUT2D eigenvalue weighted by atomic mass is 9.90. The van der Waals surface area contributed by atoms with E-state index in [0.29, 0.717) is 30.2 Å². The van der Waals surface area contributed by atoms with Crippen molar-refractivity contribution in [1.29, 1.82) is 0 Å². The van der Waals surface area contributed by atoms with Gasteiger partial charge in [-0.3, -0.25) is 9.59 Å². The minimum Gasteiger partial charge on any atom is -0.493 e. The fourth-order valence-corrected chi connectivity index (χ4v) is 4.94. The lowest BCUT2D eigenvalue weighted by molar-refractivity contribution is -0.133. The Morgan fingerprint density at radius 3 is 2.50 bits per heavy atom. The zero-order valence-corrected chi connectivity index (χ0v) is 19.0. The van der Waals surface area contributed by atoms with E-state index in [0.717, 1.165) is 22.4 Å². The second-order valence-electron chi connectivity index (χ2n) is 7.53. The van der Waals surface area contributed by atoms with Crippen LogP contribution in [0, 0.1) is 0 Å². The number of carbonyl (C=O) groups is 2. The molecule has 0 radical (unpaired) electrons. The molecule has 1 aromatic heterocycles. The molecule has 0 bridgehead atoms. The van der Waals surface area contributed by atoms with Gasteiger partial charge < -0.3 is 19.7 Å². The van der Waals surface area contributed by atoms with Gasteiger partial charge >= 0.3 is 0 Å². The predicted octanol–water partition coefficient (Wildman–Crippen LogP) is 4.06. The summed E-state index contributed by atoms with van der Waals surface area (Å²) in [7, 11) is 3.24. The largest absolute Gasteiger partial charge is 0.493 e. The highest BCUT2D eigenvalue weighted by atomic mass is 32.1. The van der Waals surface area contributed by atoms with Gasteiger partial charge in [0, 0.05) is 30.0 Å². The molecule has 6 nitrogen and oxygen atoms in total. The van der Waals surface area contributed by atoms with E-state index in [1.54, 1.807) is 37.7 Å². The van der Waals surface area contributed by atoms with Crippen molar-refractivity contribution >= 4 is 23.2 Å². The number of benzene rings is 2. The molecule has 0 fully saturated rings. The van der Waals surface area contributed by atoms with Crippen molar-refractivity contribution in [2.24, 2.45) is 0 Å². The first-order valence-corrected chi connectivity index (χ1v) is 11.4. The molecule has 166 valence electrons. The SMILES string of the molecule is COc1cc2c(cc1OC)[C@@H](c1cccs1)N(C(=O)CCNC(=O)c1ccccc1)CC2. The molecule has 3 aromatic rings. The summed E-state index contributed by atoms with van der Waals surface area (Å²) in [5.74, 6) is 1.18. The van der Waals surface area contributed by atoms with Crippen molar-refractivity contribution in [3.8, 4) is 11.5 Å². The van der Waals surface area contributed by atoms with Crippen LogP contribution < -0.4 is 14.8 Å². The van der Waals surface area contributed by atoms with E-state index in [1.807, 2.05) is 46.7 Å². The average molecular weight is 451 g/mol. The Bertz CT molecular complexity index is 1080. The minimum atomic E-state index is -0.184. The van der Waals surface area contributed by atoms with Crippen molar-refractivity contribution in [2.45, 2.75) is 18.9 Å². The summed E-state index contributed by atoms with van der Waals surface area (Å²) >= 11 is 1.63. The van der Waals surface area contributed by atoms with Gasteiger partial charge in [-0.1, -0.05) is 24.3 Å². The summed E-state index contributed by atoms with van der Waals surface area (Å²) in [6.45, 7) is 0.898. The molecule has 1 atom stereocenters. The number of nitrogens with zero attached hydrogens (tertiary/aromatic N) is 1. The number of thiophene rings is 1. The maximum absolute atomic E-state index is 13.2. The van der Waals surface area contributed by atoms with Crippen LogP contribution in [-0.4, -0.2) is 44.0 Å². The van der Waals surface area contributed by atoms with Gasteiger partial charge in [-0.25, -0.2) is 0 Å². The maximum Gasteiger partial charge on any atom is 0.251 e. The van der Waals surface area contributed by atoms with E-state index in [9.17, 15) is 9.59 Å². The molecule has 2 amide bonds. The van der Waals surface area contributed by atoms with E-state index in [1.165, 1.54) is 0 Å². The van der Waals surface area contributed by atoms with Gasteiger partial charge in [-0.05, 0) is 53.3 Å². The number of rotatable bonds is 7. The number of amides is 2. The average Bonchev–Trinajstić information content (AvgIpc) is 3.37. The van der Waals surface area contributed by atoms with Crippen LogP contribution in [0.5, 0.6) is 11.5 Å². The van der Waals surface area contributed by atoms with Gasteiger partial charge in [0.15, 0.2) is 11.5 Å². The standard InChI is InChI=1S/C25H26N2O4S/c1-30-20-15-18-11-13-27(23(28)10-12-26-25(29)17-7-4-3-5-8-17)24(22-9-6-14-32-22)19(18)16-21(20)31-2/h3-9,14-16,24H,10-13H2,1-2H3,(H,26,29)/t24-/m0/s1. The topological polar surface area (TPSA) is 67.9 Å². The lowest BCUT2D eigenvalue weighted by Crippen LogP contribution is -2.41. The Balaban J connectivity index is 1.53. The van der Waals surface area contributed by atoms with Gasteiger partial charge in [0.2, 0.25) is 5.91 Å². The molecule has 0 unspecified atom stereocenters. The number of methoxy groups -OCH3 is 2. The van der Waals surface area contributed by atoms with Crippen LogP contribution in [0.3, 0.4) is 0 Å². The smallest absolute Gasteiger partial charge is 0.251 e. The van der Waals surface area contributed by atoms with Gasteiger partial charge in [0.05, 0.1) is 20.3 Å². The van der Waals surface area contributed by atoms with Crippen LogP contribution >= 0.6 is 11.3 Å². The van der Waals surface area contributed by atoms with Gasteiger partial charge in [0.1, 0.15) is 0 Å². The molecule has 7 heteroatoms. The molecule has 2 aromatic carbocycles. The fourth-order valence-electron chi connectivity index (χ4n) is 4.09. The first-order chi connectivity index (χ1) is 15.6. The molecule has 0 saturated carbocycles. The Labute approximate surface area is 191 Å². The second-order valence-corrected chi connectivity index (χ2v) is 8.51. The summed E-state index contributed by atoms with van der Waals surface area (Å²) in [5.41, 5.74) is 2.80. The number of fused-ring (bicyclic) bond motifs is 1. The van der Waals surface area contributed by atoms with Crippen molar-refractivity contribution in [3.63, 3.8) is 0 Å². The third kappa shape index (κ3) is 4.48. The zero-order chi connectivity index (χ0) is 22.5. The van der Waals surface area contributed by atoms with Gasteiger partial charge in [-0.2, -0.15) is 0 Å². The molecule has 0 saturated heterocycles. The molecular weight excluding hydrogens is 424 g/mol. The van der Waals surface area contributed by atoms with Crippen molar-refractivity contribution < 1.29 is 19.1 Å². The summed E-state index contributed by atoms with van der Waals surface area (Å²) < 4.78 is 11.0. The highest BCUT2D eigenvalue weighted by molar-refractivity contribution is 7.10. The van der Waals surface area contributed by atoms with Crippen LogP contribution in [0.4, 0.5) is 0 Å². The van der Waals surface area contributed by atoms with E-state index in [-0.39, 0.29) is 24.3 Å². The molecule has 4 rings (SSSR count). The number of ether oxygens (including phenoxy) is 2. The molecule has 0 spiro atoms. The first kappa shape index (κ1) is 21.9. The molecule has 32 heavy (non-hydrogen) atoms. The van der Waals surface area contributed by atoms with Crippen molar-refractivity contribution in [2.75, 3.05) is 27.3 Å². The van der Waals surface area contributed by atoms with E-state index < -0.39 is 0 Å². The normalized spacial score (nSPS) is 15.1. The highest BCUT2D eigenvalue weighted by Crippen LogP contribution is 2.42. The van der Waals surface area contributed by atoms with Crippen LogP contribution in [0.15, 0.2) is 60.0 Å². The summed E-state index contributed by atoms with van der Waals surface area (Å²) in [5, 5.41) is 4.87. The minimum absolute atomic E-state index is 0.0113. The maximum atomic E-state index is 13.2. The number of nitrogens with one attached hydrogen (secondary N) is 1. The number of hydrogen-bond donors (Lipinski definition) is 1. The fraction of sp³-hybridized carbons (Fsp3) is 0.280. The lowest BCUT2D eigenvalue weighted by Gasteiger charge is -2.37. The first-order valence-electron chi connectivity index (χ1n) is 10.5. The van der Waals surface area contributed by atoms with Crippen molar-refractivity contribution in [1.82, 2.24) is 10.2 Å². The third-order valence-corrected chi connectivity index (χ3v) is 6.59. The zero-order valence-electron chi connectivity index (χ0n) is 18.2. The van der Waals surface area contributed by atoms with Crippen LogP contribution in [0.25, 0.3) is 0 Å². The summed E-state index contributed by atoms with van der Waals surface area (Å²) in [4.78, 5) is 28.5. The van der Waals surface area contributed by atoms with Gasteiger partial charge in [-0.15, -0.1) is 11.3 Å². The van der Waals surface area contributed by atoms with Gasteiger partial charge in [0.25, 0.3) is 5.91 Å². The Kier molecular flexibility index (Phi) is 6.75. The van der Waals surface area contributed by atoms with E-state index >= 15 is 0 Å². The molecule has 1 aliphatic heterocycles. The van der Waals surface area contributed by atoms with Crippen LogP contribution in [-0.2, 0) is 11.2 Å². The molecule has 1 aliphatic rings. The van der Waals surface area contributed by atoms with Crippen LogP contribution in [0.2, 0.25) is 0 Å². The Hall–Kier alpha value is -3.32. The number of hydrogen-bond acceptors (Lipinski definition) is 5. The van der Waals surface area contributed by atoms with Crippen molar-refractivity contribution in [3.05, 3.63) is 81.5 Å².